The number of guanidine groups is 1. The molecule has 1 fully saturated rings. The number of hydrogen-bond acceptors (Lipinski definition) is 3. The first kappa shape index (κ1) is 11.0. The molecular formula is C11H18N4O. The van der Waals surface area contributed by atoms with Crippen LogP contribution >= 0.6 is 0 Å². The predicted molar refractivity (Wildman–Crippen MR) is 62.0 cm³/mol. The second-order valence-electron chi connectivity index (χ2n) is 4.26. The van der Waals surface area contributed by atoms with Crippen molar-refractivity contribution in [3.63, 3.8) is 0 Å². The third-order valence-electron chi connectivity index (χ3n) is 2.79. The van der Waals surface area contributed by atoms with Gasteiger partial charge in [-0.1, -0.05) is 18.0 Å². The van der Waals surface area contributed by atoms with Crippen molar-refractivity contribution >= 4 is 5.96 Å². The number of aryl methyl sites for hydroxylation is 1. The minimum Gasteiger partial charge on any atom is -0.370 e. The first-order valence-corrected chi connectivity index (χ1v) is 5.72. The Hall–Kier alpha value is -1.52. The van der Waals surface area contributed by atoms with Crippen LogP contribution in [-0.2, 0) is 6.54 Å². The first-order chi connectivity index (χ1) is 7.74. The zero-order chi connectivity index (χ0) is 11.4. The lowest BCUT2D eigenvalue weighted by Crippen LogP contribution is -2.38. The molecule has 0 spiro atoms. The largest absolute Gasteiger partial charge is 0.370 e. The molecule has 1 aliphatic rings. The summed E-state index contributed by atoms with van der Waals surface area (Å²) < 4.78 is 5.04. The second kappa shape index (κ2) is 5.01. The predicted octanol–water partition coefficient (Wildman–Crippen LogP) is 1.33. The minimum atomic E-state index is 0.451. The van der Waals surface area contributed by atoms with Crippen LogP contribution in [-0.4, -0.2) is 17.2 Å². The Kier molecular flexibility index (Phi) is 3.44. The summed E-state index contributed by atoms with van der Waals surface area (Å²) in [5, 5.41) is 7.01. The highest BCUT2D eigenvalue weighted by Gasteiger charge is 2.14. The van der Waals surface area contributed by atoms with Gasteiger partial charge in [-0.05, 0) is 19.8 Å². The highest BCUT2D eigenvalue weighted by Crippen LogP contribution is 2.17. The molecule has 0 aromatic carbocycles. The van der Waals surface area contributed by atoms with Gasteiger partial charge >= 0.3 is 0 Å². The molecule has 2 rings (SSSR count). The Balaban J connectivity index is 1.81. The molecule has 1 aliphatic carbocycles. The van der Waals surface area contributed by atoms with Gasteiger partial charge in [0, 0.05) is 12.1 Å². The molecule has 0 atom stereocenters. The quantitative estimate of drug-likeness (QED) is 0.597. The fourth-order valence-electron chi connectivity index (χ4n) is 1.98. The number of hydrogen-bond donors (Lipinski definition) is 2. The van der Waals surface area contributed by atoms with Crippen molar-refractivity contribution in [2.24, 2.45) is 10.7 Å². The lowest BCUT2D eigenvalue weighted by atomic mass is 10.2. The number of aromatic nitrogens is 1. The van der Waals surface area contributed by atoms with Crippen molar-refractivity contribution < 1.29 is 4.52 Å². The molecule has 0 radical (unpaired) electrons. The fourth-order valence-corrected chi connectivity index (χ4v) is 1.98. The molecule has 5 nitrogen and oxygen atoms in total. The van der Waals surface area contributed by atoms with E-state index in [1.165, 1.54) is 25.7 Å². The van der Waals surface area contributed by atoms with Gasteiger partial charge in [0.2, 0.25) is 0 Å². The number of nitrogens with zero attached hydrogens (tertiary/aromatic N) is 2. The monoisotopic (exact) mass is 222 g/mol. The molecule has 0 aliphatic heterocycles. The van der Waals surface area contributed by atoms with E-state index in [9.17, 15) is 0 Å². The molecule has 16 heavy (non-hydrogen) atoms. The van der Waals surface area contributed by atoms with Crippen LogP contribution in [0.25, 0.3) is 0 Å². The molecule has 1 aromatic rings. The van der Waals surface area contributed by atoms with Crippen LogP contribution in [0.15, 0.2) is 15.6 Å². The van der Waals surface area contributed by atoms with Gasteiger partial charge in [-0.25, -0.2) is 4.99 Å². The van der Waals surface area contributed by atoms with E-state index in [1.54, 1.807) is 0 Å². The first-order valence-electron chi connectivity index (χ1n) is 5.72. The average Bonchev–Trinajstić information content (AvgIpc) is 2.87. The highest BCUT2D eigenvalue weighted by molar-refractivity contribution is 5.78. The maximum Gasteiger partial charge on any atom is 0.189 e. The number of nitrogens with one attached hydrogen (secondary N) is 1. The van der Waals surface area contributed by atoms with Crippen molar-refractivity contribution in [3.8, 4) is 0 Å². The summed E-state index contributed by atoms with van der Waals surface area (Å²) in [6.45, 7) is 2.34. The van der Waals surface area contributed by atoms with Gasteiger partial charge in [-0.15, -0.1) is 0 Å². The van der Waals surface area contributed by atoms with Gasteiger partial charge in [0.05, 0.1) is 5.69 Å². The summed E-state index contributed by atoms with van der Waals surface area (Å²) in [6, 6.07) is 2.37. The van der Waals surface area contributed by atoms with Crippen LogP contribution in [0.2, 0.25) is 0 Å². The van der Waals surface area contributed by atoms with E-state index >= 15 is 0 Å². The molecular weight excluding hydrogens is 204 g/mol. The van der Waals surface area contributed by atoms with Gasteiger partial charge in [-0.2, -0.15) is 0 Å². The Morgan fingerprint density at radius 2 is 2.38 bits per heavy atom. The number of rotatable bonds is 3. The van der Waals surface area contributed by atoms with E-state index in [1.807, 2.05) is 13.0 Å². The third kappa shape index (κ3) is 2.98. The molecule has 0 bridgehead atoms. The van der Waals surface area contributed by atoms with E-state index in [2.05, 4.69) is 15.5 Å². The van der Waals surface area contributed by atoms with E-state index in [4.69, 9.17) is 10.3 Å². The summed E-state index contributed by atoms with van der Waals surface area (Å²) in [6.07, 6.45) is 4.95. The smallest absolute Gasteiger partial charge is 0.189 e. The maximum absolute atomic E-state index is 5.78. The normalized spacial score (nSPS) is 17.9. The summed E-state index contributed by atoms with van der Waals surface area (Å²) in [7, 11) is 0. The molecule has 0 amide bonds. The van der Waals surface area contributed by atoms with E-state index < -0.39 is 0 Å². The van der Waals surface area contributed by atoms with Crippen LogP contribution in [0.1, 0.15) is 37.1 Å². The fraction of sp³-hybridized carbons (Fsp3) is 0.636. The summed E-state index contributed by atoms with van der Waals surface area (Å²) in [5.74, 6) is 1.25. The lowest BCUT2D eigenvalue weighted by molar-refractivity contribution is 0.381. The van der Waals surface area contributed by atoms with Crippen LogP contribution in [0.5, 0.6) is 0 Å². The van der Waals surface area contributed by atoms with Crippen molar-refractivity contribution in [3.05, 3.63) is 17.5 Å². The zero-order valence-corrected chi connectivity index (χ0v) is 9.57. The van der Waals surface area contributed by atoms with Gasteiger partial charge in [0.15, 0.2) is 11.7 Å². The van der Waals surface area contributed by atoms with Gasteiger partial charge in [-0.3, -0.25) is 0 Å². The molecule has 1 aromatic heterocycles. The lowest BCUT2D eigenvalue weighted by Gasteiger charge is -2.11. The van der Waals surface area contributed by atoms with Crippen molar-refractivity contribution in [2.45, 2.75) is 45.2 Å². The Bertz CT molecular complexity index is 366. The maximum atomic E-state index is 5.78. The summed E-state index contributed by atoms with van der Waals surface area (Å²) in [5.41, 5.74) is 6.65. The molecule has 1 saturated carbocycles. The SMILES string of the molecule is Cc1cc(CN=C(N)NC2CCCC2)on1. The van der Waals surface area contributed by atoms with Crippen molar-refractivity contribution in [1.29, 1.82) is 0 Å². The van der Waals surface area contributed by atoms with Crippen LogP contribution in [0.3, 0.4) is 0 Å². The summed E-state index contributed by atoms with van der Waals surface area (Å²) >= 11 is 0. The van der Waals surface area contributed by atoms with Crippen LogP contribution in [0, 0.1) is 6.92 Å². The molecule has 5 heteroatoms. The van der Waals surface area contributed by atoms with Crippen LogP contribution in [0.4, 0.5) is 0 Å². The van der Waals surface area contributed by atoms with Gasteiger partial charge in [0.1, 0.15) is 6.54 Å². The molecule has 0 unspecified atom stereocenters. The van der Waals surface area contributed by atoms with Crippen LogP contribution < -0.4 is 11.1 Å². The van der Waals surface area contributed by atoms with Gasteiger partial charge in [0.25, 0.3) is 0 Å². The third-order valence-corrected chi connectivity index (χ3v) is 2.79. The Morgan fingerprint density at radius 3 is 3.00 bits per heavy atom. The average molecular weight is 222 g/mol. The topological polar surface area (TPSA) is 76.4 Å². The number of nitrogens with two attached hydrogens (primary N) is 1. The van der Waals surface area contributed by atoms with E-state index in [0.717, 1.165) is 11.5 Å². The highest BCUT2D eigenvalue weighted by atomic mass is 16.5. The van der Waals surface area contributed by atoms with Crippen molar-refractivity contribution in [1.82, 2.24) is 10.5 Å². The number of aliphatic imine (C=N–C) groups is 1. The molecule has 3 N–H and O–H groups in total. The Labute approximate surface area is 95.1 Å². The molecule has 1 heterocycles. The van der Waals surface area contributed by atoms with Crippen molar-refractivity contribution in [2.75, 3.05) is 0 Å². The zero-order valence-electron chi connectivity index (χ0n) is 9.57. The van der Waals surface area contributed by atoms with Gasteiger partial charge < -0.3 is 15.6 Å². The minimum absolute atomic E-state index is 0.451. The standard InChI is InChI=1S/C11H18N4O/c1-8-6-10(16-15-8)7-13-11(12)14-9-4-2-3-5-9/h6,9H,2-5,7H2,1H3,(H3,12,13,14). The Morgan fingerprint density at radius 1 is 1.62 bits per heavy atom. The summed E-state index contributed by atoms with van der Waals surface area (Å²) in [4.78, 5) is 4.22. The molecule has 0 saturated heterocycles. The second-order valence-corrected chi connectivity index (χ2v) is 4.26. The molecule has 88 valence electrons. The van der Waals surface area contributed by atoms with E-state index in [0.29, 0.717) is 18.5 Å². The van der Waals surface area contributed by atoms with E-state index in [-0.39, 0.29) is 0 Å².